The fourth-order valence-electron chi connectivity index (χ4n) is 1.55. The van der Waals surface area contributed by atoms with E-state index in [1.165, 1.54) is 0 Å². The zero-order valence-corrected chi connectivity index (χ0v) is 10.0. The molecule has 0 spiro atoms. The van der Waals surface area contributed by atoms with Gasteiger partial charge >= 0.3 is 0 Å². The molecule has 0 aliphatic heterocycles. The van der Waals surface area contributed by atoms with Crippen molar-refractivity contribution in [2.24, 2.45) is 11.8 Å². The molecule has 15 heavy (non-hydrogen) atoms. The quantitative estimate of drug-likeness (QED) is 0.561. The summed E-state index contributed by atoms with van der Waals surface area (Å²) in [6, 6.07) is 0. The standard InChI is InChI=1S/C12H20N2O/c1-9(2)5-11-8-14(15)12(7-13-11)6-10(3)4/h7-10H,5-6H2,1-4H3. The summed E-state index contributed by atoms with van der Waals surface area (Å²) in [7, 11) is 0. The van der Waals surface area contributed by atoms with Crippen LogP contribution in [0.5, 0.6) is 0 Å². The van der Waals surface area contributed by atoms with Crippen molar-refractivity contribution in [3.63, 3.8) is 0 Å². The van der Waals surface area contributed by atoms with Crippen molar-refractivity contribution in [2.45, 2.75) is 40.5 Å². The summed E-state index contributed by atoms with van der Waals surface area (Å²) >= 11 is 0. The van der Waals surface area contributed by atoms with Gasteiger partial charge in [0.05, 0.1) is 6.20 Å². The minimum atomic E-state index is 0.489. The van der Waals surface area contributed by atoms with Crippen molar-refractivity contribution in [1.82, 2.24) is 4.98 Å². The molecule has 1 aromatic heterocycles. The maximum atomic E-state index is 11.6. The highest BCUT2D eigenvalue weighted by atomic mass is 16.5. The fourth-order valence-corrected chi connectivity index (χ4v) is 1.55. The van der Waals surface area contributed by atoms with E-state index in [1.54, 1.807) is 12.4 Å². The molecule has 0 aliphatic carbocycles. The van der Waals surface area contributed by atoms with Gasteiger partial charge in [-0.25, -0.2) is 4.98 Å². The molecule has 0 radical (unpaired) electrons. The van der Waals surface area contributed by atoms with Gasteiger partial charge in [-0.05, 0) is 18.3 Å². The van der Waals surface area contributed by atoms with E-state index >= 15 is 0 Å². The van der Waals surface area contributed by atoms with Gasteiger partial charge in [-0.1, -0.05) is 27.7 Å². The predicted molar refractivity (Wildman–Crippen MR) is 60.3 cm³/mol. The molecule has 0 aromatic carbocycles. The Bertz CT molecular complexity index is 321. The molecule has 3 nitrogen and oxygen atoms in total. The Morgan fingerprint density at radius 3 is 2.27 bits per heavy atom. The van der Waals surface area contributed by atoms with Crippen LogP contribution in [0.2, 0.25) is 0 Å². The van der Waals surface area contributed by atoms with Crippen LogP contribution < -0.4 is 4.73 Å². The molecule has 0 N–H and O–H groups in total. The second-order valence-corrected chi connectivity index (χ2v) is 4.89. The zero-order chi connectivity index (χ0) is 11.4. The highest BCUT2D eigenvalue weighted by molar-refractivity contribution is 4.97. The van der Waals surface area contributed by atoms with Crippen molar-refractivity contribution in [3.8, 4) is 0 Å². The average molecular weight is 208 g/mol. The minimum absolute atomic E-state index is 0.489. The molecule has 0 saturated carbocycles. The van der Waals surface area contributed by atoms with Crippen LogP contribution in [-0.4, -0.2) is 4.98 Å². The number of aromatic nitrogens is 2. The molecule has 0 aliphatic rings. The van der Waals surface area contributed by atoms with Crippen LogP contribution in [0.3, 0.4) is 0 Å². The molecule has 1 aromatic rings. The Kier molecular flexibility index (Phi) is 4.06. The van der Waals surface area contributed by atoms with E-state index in [0.717, 1.165) is 29.0 Å². The van der Waals surface area contributed by atoms with Crippen molar-refractivity contribution in [3.05, 3.63) is 29.0 Å². The summed E-state index contributed by atoms with van der Waals surface area (Å²) in [5.41, 5.74) is 1.64. The predicted octanol–water partition coefficient (Wildman–Crippen LogP) is 2.11. The SMILES string of the molecule is CC(C)Cc1c[n+]([O-])c(CC(C)C)cn1. The van der Waals surface area contributed by atoms with E-state index in [9.17, 15) is 5.21 Å². The van der Waals surface area contributed by atoms with Crippen LogP contribution in [0.25, 0.3) is 0 Å². The van der Waals surface area contributed by atoms with E-state index in [0.29, 0.717) is 11.8 Å². The highest BCUT2D eigenvalue weighted by Crippen LogP contribution is 2.05. The number of hydrogen-bond acceptors (Lipinski definition) is 2. The van der Waals surface area contributed by atoms with Gasteiger partial charge in [0.1, 0.15) is 5.69 Å². The maximum Gasteiger partial charge on any atom is 0.211 e. The lowest BCUT2D eigenvalue weighted by atomic mass is 10.1. The van der Waals surface area contributed by atoms with Gasteiger partial charge in [-0.2, -0.15) is 4.73 Å². The van der Waals surface area contributed by atoms with E-state index < -0.39 is 0 Å². The van der Waals surface area contributed by atoms with Crippen LogP contribution in [0.15, 0.2) is 12.4 Å². The van der Waals surface area contributed by atoms with Gasteiger partial charge < -0.3 is 5.21 Å². The molecule has 84 valence electrons. The summed E-state index contributed by atoms with van der Waals surface area (Å²) in [5, 5.41) is 11.6. The fraction of sp³-hybridized carbons (Fsp3) is 0.667. The first kappa shape index (κ1) is 12.0. The molecule has 0 amide bonds. The van der Waals surface area contributed by atoms with Gasteiger partial charge in [-0.15, -0.1) is 0 Å². The summed E-state index contributed by atoms with van der Waals surface area (Å²) in [5.74, 6) is 1.02. The topological polar surface area (TPSA) is 39.8 Å². The second kappa shape index (κ2) is 5.10. The largest absolute Gasteiger partial charge is 0.618 e. The lowest BCUT2D eigenvalue weighted by molar-refractivity contribution is -0.615. The van der Waals surface area contributed by atoms with E-state index in [4.69, 9.17) is 0 Å². The Hall–Kier alpha value is -1.12. The Labute approximate surface area is 91.7 Å². The second-order valence-electron chi connectivity index (χ2n) is 4.89. The lowest BCUT2D eigenvalue weighted by Gasteiger charge is -2.08. The summed E-state index contributed by atoms with van der Waals surface area (Å²) < 4.78 is 0.963. The molecular weight excluding hydrogens is 188 g/mol. The Balaban J connectivity index is 2.78. The molecular formula is C12H20N2O. The van der Waals surface area contributed by atoms with Crippen LogP contribution in [0, 0.1) is 17.0 Å². The van der Waals surface area contributed by atoms with Gasteiger partial charge in [0.25, 0.3) is 0 Å². The third-order valence-electron chi connectivity index (χ3n) is 2.16. The molecule has 1 heterocycles. The summed E-state index contributed by atoms with van der Waals surface area (Å²) in [6.07, 6.45) is 4.98. The van der Waals surface area contributed by atoms with Crippen molar-refractivity contribution < 1.29 is 4.73 Å². The number of nitrogens with zero attached hydrogens (tertiary/aromatic N) is 2. The molecule has 0 unspecified atom stereocenters. The van der Waals surface area contributed by atoms with Crippen LogP contribution in [0.4, 0.5) is 0 Å². The van der Waals surface area contributed by atoms with Crippen LogP contribution >= 0.6 is 0 Å². The Morgan fingerprint density at radius 2 is 1.80 bits per heavy atom. The normalized spacial score (nSPS) is 11.3. The monoisotopic (exact) mass is 208 g/mol. The van der Waals surface area contributed by atoms with Crippen LogP contribution in [-0.2, 0) is 12.8 Å². The smallest absolute Gasteiger partial charge is 0.211 e. The molecule has 0 atom stereocenters. The van der Waals surface area contributed by atoms with Gasteiger partial charge in [0.2, 0.25) is 11.9 Å². The average Bonchev–Trinajstić information content (AvgIpc) is 2.08. The number of rotatable bonds is 4. The van der Waals surface area contributed by atoms with Crippen molar-refractivity contribution >= 4 is 0 Å². The minimum Gasteiger partial charge on any atom is -0.618 e. The van der Waals surface area contributed by atoms with Gasteiger partial charge in [0, 0.05) is 6.42 Å². The number of hydrogen-bond donors (Lipinski definition) is 0. The third-order valence-corrected chi connectivity index (χ3v) is 2.16. The molecule has 0 saturated heterocycles. The maximum absolute atomic E-state index is 11.6. The van der Waals surface area contributed by atoms with E-state index in [2.05, 4.69) is 32.7 Å². The first-order chi connectivity index (χ1) is 6.99. The third kappa shape index (κ3) is 3.86. The van der Waals surface area contributed by atoms with E-state index in [-0.39, 0.29) is 0 Å². The van der Waals surface area contributed by atoms with Crippen molar-refractivity contribution in [2.75, 3.05) is 0 Å². The summed E-state index contributed by atoms with van der Waals surface area (Å²) in [4.78, 5) is 4.31. The highest BCUT2D eigenvalue weighted by Gasteiger charge is 2.10. The van der Waals surface area contributed by atoms with E-state index in [1.807, 2.05) is 0 Å². The van der Waals surface area contributed by atoms with Crippen molar-refractivity contribution in [1.29, 1.82) is 0 Å². The Morgan fingerprint density at radius 1 is 1.20 bits per heavy atom. The lowest BCUT2D eigenvalue weighted by Crippen LogP contribution is -2.33. The molecule has 3 heteroatoms. The molecule has 0 fully saturated rings. The van der Waals surface area contributed by atoms with Gasteiger partial charge in [0.15, 0.2) is 0 Å². The zero-order valence-electron chi connectivity index (χ0n) is 10.0. The first-order valence-corrected chi connectivity index (χ1v) is 5.56. The molecule has 0 bridgehead atoms. The summed E-state index contributed by atoms with van der Waals surface area (Å²) in [6.45, 7) is 8.45. The first-order valence-electron chi connectivity index (χ1n) is 5.56. The van der Waals surface area contributed by atoms with Gasteiger partial charge in [-0.3, -0.25) is 0 Å². The molecule has 1 rings (SSSR count). The van der Waals surface area contributed by atoms with Crippen LogP contribution in [0.1, 0.15) is 39.1 Å².